The number of hydrogen-bond donors (Lipinski definition) is 1. The highest BCUT2D eigenvalue weighted by molar-refractivity contribution is 5.35. The van der Waals surface area contributed by atoms with Gasteiger partial charge in [0.2, 0.25) is 0 Å². The summed E-state index contributed by atoms with van der Waals surface area (Å²) in [4.78, 5) is 0. The molecular weight excluding hydrogens is 218 g/mol. The monoisotopic (exact) mass is 243 g/mol. The SMILES string of the molecule is CC1(C)CCCC(c2cccc(C3(N)CC3)c2)C1. The molecule has 0 aliphatic heterocycles. The van der Waals surface area contributed by atoms with Gasteiger partial charge in [0.25, 0.3) is 0 Å². The zero-order valence-electron chi connectivity index (χ0n) is 11.7. The third kappa shape index (κ3) is 2.33. The predicted molar refractivity (Wildman–Crippen MR) is 76.5 cm³/mol. The van der Waals surface area contributed by atoms with E-state index >= 15 is 0 Å². The molecule has 0 aromatic heterocycles. The number of benzene rings is 1. The fraction of sp³-hybridized carbons (Fsp3) is 0.647. The van der Waals surface area contributed by atoms with Crippen molar-refractivity contribution in [1.82, 2.24) is 0 Å². The Kier molecular flexibility index (Phi) is 2.78. The molecule has 2 N–H and O–H groups in total. The molecule has 1 unspecified atom stereocenters. The van der Waals surface area contributed by atoms with Crippen LogP contribution in [-0.4, -0.2) is 0 Å². The second-order valence-electron chi connectivity index (χ2n) is 7.24. The van der Waals surface area contributed by atoms with Crippen LogP contribution >= 0.6 is 0 Å². The van der Waals surface area contributed by atoms with Crippen LogP contribution in [0.25, 0.3) is 0 Å². The van der Waals surface area contributed by atoms with Gasteiger partial charge in [0.15, 0.2) is 0 Å². The van der Waals surface area contributed by atoms with Gasteiger partial charge in [0.1, 0.15) is 0 Å². The molecule has 2 aliphatic rings. The molecule has 0 spiro atoms. The second-order valence-corrected chi connectivity index (χ2v) is 7.24. The maximum Gasteiger partial charge on any atom is 0.0411 e. The summed E-state index contributed by atoms with van der Waals surface area (Å²) in [5.74, 6) is 0.746. The summed E-state index contributed by atoms with van der Waals surface area (Å²) < 4.78 is 0. The van der Waals surface area contributed by atoms with Gasteiger partial charge < -0.3 is 5.73 Å². The molecule has 1 aromatic rings. The minimum Gasteiger partial charge on any atom is -0.321 e. The quantitative estimate of drug-likeness (QED) is 0.822. The Labute approximate surface area is 111 Å². The molecule has 0 radical (unpaired) electrons. The van der Waals surface area contributed by atoms with Gasteiger partial charge in [0, 0.05) is 5.54 Å². The van der Waals surface area contributed by atoms with E-state index in [0.717, 1.165) is 18.8 Å². The maximum atomic E-state index is 6.32. The van der Waals surface area contributed by atoms with Crippen molar-refractivity contribution in [2.45, 2.75) is 63.8 Å². The first-order chi connectivity index (χ1) is 8.49. The van der Waals surface area contributed by atoms with Gasteiger partial charge in [-0.15, -0.1) is 0 Å². The largest absolute Gasteiger partial charge is 0.321 e. The molecule has 2 fully saturated rings. The summed E-state index contributed by atoms with van der Waals surface area (Å²) >= 11 is 0. The summed E-state index contributed by atoms with van der Waals surface area (Å²) in [7, 11) is 0. The van der Waals surface area contributed by atoms with Gasteiger partial charge >= 0.3 is 0 Å². The minimum absolute atomic E-state index is 0.0141. The Balaban J connectivity index is 1.83. The zero-order valence-corrected chi connectivity index (χ0v) is 11.7. The van der Waals surface area contributed by atoms with Crippen LogP contribution in [-0.2, 0) is 5.54 Å². The molecule has 1 heteroatoms. The third-order valence-corrected chi connectivity index (χ3v) is 4.93. The molecule has 3 rings (SSSR count). The van der Waals surface area contributed by atoms with Crippen molar-refractivity contribution in [2.24, 2.45) is 11.1 Å². The number of nitrogens with two attached hydrogens (primary N) is 1. The van der Waals surface area contributed by atoms with Gasteiger partial charge in [-0.25, -0.2) is 0 Å². The third-order valence-electron chi connectivity index (χ3n) is 4.93. The predicted octanol–water partition coefficient (Wildman–Crippen LogP) is 4.32. The van der Waals surface area contributed by atoms with E-state index in [9.17, 15) is 0 Å². The number of rotatable bonds is 2. The molecule has 0 amide bonds. The molecular formula is C17H25N. The van der Waals surface area contributed by atoms with Gasteiger partial charge in [-0.3, -0.25) is 0 Å². The molecule has 18 heavy (non-hydrogen) atoms. The topological polar surface area (TPSA) is 26.0 Å². The normalized spacial score (nSPS) is 28.9. The van der Waals surface area contributed by atoms with Crippen molar-refractivity contribution in [3.8, 4) is 0 Å². The first-order valence-electron chi connectivity index (χ1n) is 7.38. The van der Waals surface area contributed by atoms with E-state index in [1.807, 2.05) is 0 Å². The summed E-state index contributed by atoms with van der Waals surface area (Å²) in [6, 6.07) is 9.12. The van der Waals surface area contributed by atoms with Crippen molar-refractivity contribution in [3.63, 3.8) is 0 Å². The highest BCUT2D eigenvalue weighted by Crippen LogP contribution is 2.46. The highest BCUT2D eigenvalue weighted by atomic mass is 14.8. The van der Waals surface area contributed by atoms with Crippen LogP contribution in [0.3, 0.4) is 0 Å². The molecule has 0 heterocycles. The van der Waals surface area contributed by atoms with Gasteiger partial charge in [-0.1, -0.05) is 44.5 Å². The second kappa shape index (κ2) is 4.09. The first-order valence-corrected chi connectivity index (χ1v) is 7.38. The molecule has 98 valence electrons. The molecule has 2 aliphatic carbocycles. The van der Waals surface area contributed by atoms with Crippen LogP contribution in [0.5, 0.6) is 0 Å². The molecule has 0 saturated heterocycles. The zero-order chi connectivity index (χ0) is 12.8. The average molecular weight is 243 g/mol. The Morgan fingerprint density at radius 2 is 1.94 bits per heavy atom. The van der Waals surface area contributed by atoms with E-state index in [1.165, 1.54) is 36.8 Å². The fourth-order valence-corrected chi connectivity index (χ4v) is 3.51. The van der Waals surface area contributed by atoms with E-state index in [4.69, 9.17) is 5.73 Å². The van der Waals surface area contributed by atoms with Crippen LogP contribution in [0.4, 0.5) is 0 Å². The van der Waals surface area contributed by atoms with Gasteiger partial charge in [-0.05, 0) is 54.6 Å². The first kappa shape index (κ1) is 12.2. The van der Waals surface area contributed by atoms with Crippen LogP contribution in [0.2, 0.25) is 0 Å². The summed E-state index contributed by atoms with van der Waals surface area (Å²) in [5.41, 5.74) is 9.74. The maximum absolute atomic E-state index is 6.32. The molecule has 0 bridgehead atoms. The molecule has 2 saturated carbocycles. The Hall–Kier alpha value is -0.820. The highest BCUT2D eigenvalue weighted by Gasteiger charge is 2.40. The van der Waals surface area contributed by atoms with E-state index in [-0.39, 0.29) is 5.54 Å². The van der Waals surface area contributed by atoms with E-state index in [0.29, 0.717) is 5.41 Å². The minimum atomic E-state index is 0.0141. The van der Waals surface area contributed by atoms with Crippen LogP contribution in [0.1, 0.15) is 69.4 Å². The fourth-order valence-electron chi connectivity index (χ4n) is 3.51. The smallest absolute Gasteiger partial charge is 0.0411 e. The van der Waals surface area contributed by atoms with Crippen molar-refractivity contribution >= 4 is 0 Å². The van der Waals surface area contributed by atoms with Gasteiger partial charge in [0.05, 0.1) is 0 Å². The summed E-state index contributed by atoms with van der Waals surface area (Å²) in [6.07, 6.45) is 7.75. The summed E-state index contributed by atoms with van der Waals surface area (Å²) in [6.45, 7) is 4.82. The lowest BCUT2D eigenvalue weighted by Crippen LogP contribution is -2.22. The Morgan fingerprint density at radius 3 is 2.61 bits per heavy atom. The van der Waals surface area contributed by atoms with Crippen LogP contribution in [0, 0.1) is 5.41 Å². The van der Waals surface area contributed by atoms with Crippen molar-refractivity contribution in [3.05, 3.63) is 35.4 Å². The van der Waals surface area contributed by atoms with Gasteiger partial charge in [-0.2, -0.15) is 0 Å². The average Bonchev–Trinajstić information content (AvgIpc) is 3.08. The van der Waals surface area contributed by atoms with Crippen molar-refractivity contribution in [2.75, 3.05) is 0 Å². The van der Waals surface area contributed by atoms with Crippen molar-refractivity contribution in [1.29, 1.82) is 0 Å². The standard InChI is InChI=1S/C17H25N/c1-16(2)8-4-6-14(12-16)13-5-3-7-15(11-13)17(18)9-10-17/h3,5,7,11,14H,4,6,8-10,12,18H2,1-2H3. The van der Waals surface area contributed by atoms with E-state index in [2.05, 4.69) is 38.1 Å². The molecule has 1 aromatic carbocycles. The Morgan fingerprint density at radius 1 is 1.17 bits per heavy atom. The summed E-state index contributed by atoms with van der Waals surface area (Å²) in [5, 5.41) is 0. The molecule has 1 atom stereocenters. The molecule has 1 nitrogen and oxygen atoms in total. The van der Waals surface area contributed by atoms with E-state index < -0.39 is 0 Å². The van der Waals surface area contributed by atoms with E-state index in [1.54, 1.807) is 0 Å². The lowest BCUT2D eigenvalue weighted by atomic mass is 9.70. The van der Waals surface area contributed by atoms with Crippen LogP contribution in [0.15, 0.2) is 24.3 Å². The van der Waals surface area contributed by atoms with Crippen molar-refractivity contribution < 1.29 is 0 Å². The lowest BCUT2D eigenvalue weighted by Gasteiger charge is -2.35. The number of hydrogen-bond acceptors (Lipinski definition) is 1. The Bertz CT molecular complexity index is 443. The van der Waals surface area contributed by atoms with Crippen LogP contribution < -0.4 is 5.73 Å². The lowest BCUT2D eigenvalue weighted by molar-refractivity contribution is 0.219.